The van der Waals surface area contributed by atoms with E-state index >= 15 is 0 Å². The molecule has 0 radical (unpaired) electrons. The standard InChI is InChI=1S/C30H50N2O2/c1-21-19-31-17-9-13-23-11-6-4-8-16-26-28-24(14-10-18-32(28)20-22(2)30(26)34)12-5-3-7-15-25(27(23)31)29(21)33/h21-28H,3-20H2,1-2H3/t21-,22-,23+,24+,25-,26-,27+,28+/m0/s1. The SMILES string of the molecule is C[C@H]1CN2CCC[C@H]3CCCCC[C@@H]4C(=O)[C@@H](C)CN5CCC[C@@H](CCCCC[C@H](C1=O)[C@@H]32)[C@H]45. The Morgan fingerprint density at radius 2 is 0.912 bits per heavy atom. The van der Waals surface area contributed by atoms with Gasteiger partial charge in [-0.2, -0.15) is 0 Å². The van der Waals surface area contributed by atoms with Crippen LogP contribution in [-0.4, -0.2) is 59.6 Å². The minimum atomic E-state index is 0.224. The van der Waals surface area contributed by atoms with Gasteiger partial charge in [-0.05, 0) is 76.3 Å². The van der Waals surface area contributed by atoms with Crippen LogP contribution in [0, 0.1) is 35.5 Å². The number of hydrogen-bond donors (Lipinski definition) is 0. The second-order valence-electron chi connectivity index (χ2n) is 12.9. The van der Waals surface area contributed by atoms with E-state index in [2.05, 4.69) is 23.6 Å². The van der Waals surface area contributed by atoms with Gasteiger partial charge in [-0.15, -0.1) is 0 Å². The van der Waals surface area contributed by atoms with Gasteiger partial charge in [0.2, 0.25) is 0 Å². The Morgan fingerprint density at radius 3 is 1.35 bits per heavy atom. The molecule has 34 heavy (non-hydrogen) atoms. The van der Waals surface area contributed by atoms with E-state index in [-0.39, 0.29) is 23.7 Å². The number of rotatable bonds is 0. The van der Waals surface area contributed by atoms with Crippen molar-refractivity contribution in [2.75, 3.05) is 26.2 Å². The molecule has 0 aromatic carbocycles. The predicted molar refractivity (Wildman–Crippen MR) is 138 cm³/mol. The maximum Gasteiger partial charge on any atom is 0.141 e. The molecule has 0 unspecified atom stereocenters. The van der Waals surface area contributed by atoms with Gasteiger partial charge >= 0.3 is 0 Å². The minimum absolute atomic E-state index is 0.224. The molecule has 1 aliphatic carbocycles. The van der Waals surface area contributed by atoms with Crippen LogP contribution in [-0.2, 0) is 9.59 Å². The van der Waals surface area contributed by atoms with E-state index in [0.717, 1.165) is 25.9 Å². The van der Waals surface area contributed by atoms with Crippen LogP contribution in [0.5, 0.6) is 0 Å². The van der Waals surface area contributed by atoms with Gasteiger partial charge in [-0.1, -0.05) is 52.4 Å². The van der Waals surface area contributed by atoms with Crippen LogP contribution < -0.4 is 0 Å². The summed E-state index contributed by atoms with van der Waals surface area (Å²) in [6.07, 6.45) is 17.5. The maximum atomic E-state index is 13.3. The minimum Gasteiger partial charge on any atom is -0.299 e. The molecule has 5 aliphatic rings. The largest absolute Gasteiger partial charge is 0.299 e. The fourth-order valence-corrected chi connectivity index (χ4v) is 9.04. The number of nitrogens with zero attached hydrogens (tertiary/aromatic N) is 2. The number of piperidine rings is 4. The summed E-state index contributed by atoms with van der Waals surface area (Å²) in [7, 11) is 0. The zero-order valence-corrected chi connectivity index (χ0v) is 22.1. The van der Waals surface area contributed by atoms with Crippen LogP contribution in [0.2, 0.25) is 0 Å². The van der Waals surface area contributed by atoms with Crippen molar-refractivity contribution in [3.05, 3.63) is 0 Å². The van der Waals surface area contributed by atoms with Crippen molar-refractivity contribution >= 4 is 11.6 Å². The first-order chi connectivity index (χ1) is 16.5. The van der Waals surface area contributed by atoms with E-state index < -0.39 is 0 Å². The van der Waals surface area contributed by atoms with Gasteiger partial charge in [0.05, 0.1) is 0 Å². The normalized spacial score (nSPS) is 43.7. The summed E-state index contributed by atoms with van der Waals surface area (Å²) in [6, 6.07) is 1.03. The summed E-state index contributed by atoms with van der Waals surface area (Å²) < 4.78 is 0. The number of hydrogen-bond acceptors (Lipinski definition) is 4. The molecule has 0 N–H and O–H groups in total. The number of ketones is 2. The third-order valence-electron chi connectivity index (χ3n) is 10.6. The molecule has 5 rings (SSSR count). The van der Waals surface area contributed by atoms with Crippen molar-refractivity contribution in [2.24, 2.45) is 35.5 Å². The summed E-state index contributed by atoms with van der Waals surface area (Å²) in [5.41, 5.74) is 0. The average Bonchev–Trinajstić information content (AvgIpc) is 2.82. The van der Waals surface area contributed by atoms with E-state index in [0.29, 0.717) is 35.5 Å². The average molecular weight is 471 g/mol. The molecule has 4 nitrogen and oxygen atoms in total. The van der Waals surface area contributed by atoms with Gasteiger partial charge in [-0.3, -0.25) is 19.4 Å². The first-order valence-electron chi connectivity index (χ1n) is 15.1. The van der Waals surface area contributed by atoms with E-state index in [9.17, 15) is 9.59 Å². The van der Waals surface area contributed by atoms with Crippen molar-refractivity contribution < 1.29 is 9.59 Å². The Kier molecular flexibility index (Phi) is 8.15. The maximum absolute atomic E-state index is 13.3. The van der Waals surface area contributed by atoms with Crippen molar-refractivity contribution in [3.8, 4) is 0 Å². The van der Waals surface area contributed by atoms with E-state index in [4.69, 9.17) is 0 Å². The molecule has 0 spiro atoms. The number of carbonyl (C=O) groups excluding carboxylic acids is 2. The lowest BCUT2D eigenvalue weighted by molar-refractivity contribution is -0.138. The molecule has 8 atom stereocenters. The zero-order valence-electron chi connectivity index (χ0n) is 22.1. The third-order valence-corrected chi connectivity index (χ3v) is 10.6. The highest BCUT2D eigenvalue weighted by atomic mass is 16.1. The van der Waals surface area contributed by atoms with E-state index in [1.165, 1.54) is 90.1 Å². The van der Waals surface area contributed by atoms with E-state index in [1.807, 2.05) is 0 Å². The quantitative estimate of drug-likeness (QED) is 0.453. The molecule has 0 aromatic rings. The molecule has 192 valence electrons. The van der Waals surface area contributed by atoms with Crippen LogP contribution in [0.15, 0.2) is 0 Å². The molecule has 0 bridgehead atoms. The van der Waals surface area contributed by atoms with Crippen molar-refractivity contribution in [3.63, 3.8) is 0 Å². The second-order valence-corrected chi connectivity index (χ2v) is 12.9. The van der Waals surface area contributed by atoms with Crippen molar-refractivity contribution in [1.29, 1.82) is 0 Å². The Hall–Kier alpha value is -0.740. The Morgan fingerprint density at radius 1 is 0.529 bits per heavy atom. The molecule has 0 aromatic heterocycles. The lowest BCUT2D eigenvalue weighted by atomic mass is 9.69. The van der Waals surface area contributed by atoms with Crippen LogP contribution in [0.1, 0.15) is 104 Å². The predicted octanol–water partition coefficient (Wildman–Crippen LogP) is 5.73. The molecule has 4 saturated heterocycles. The van der Waals surface area contributed by atoms with Gasteiger partial charge in [0.15, 0.2) is 0 Å². The molecular formula is C30H50N2O2. The van der Waals surface area contributed by atoms with Gasteiger partial charge in [0, 0.05) is 48.8 Å². The lowest BCUT2D eigenvalue weighted by Gasteiger charge is -2.50. The van der Waals surface area contributed by atoms with Crippen LogP contribution in [0.3, 0.4) is 0 Å². The van der Waals surface area contributed by atoms with Crippen molar-refractivity contribution in [1.82, 2.24) is 9.80 Å². The smallest absolute Gasteiger partial charge is 0.141 e. The third kappa shape index (κ3) is 5.05. The molecular weight excluding hydrogens is 420 g/mol. The monoisotopic (exact) mass is 470 g/mol. The highest BCUT2D eigenvalue weighted by Crippen LogP contribution is 2.42. The van der Waals surface area contributed by atoms with Gasteiger partial charge in [0.1, 0.15) is 11.6 Å². The van der Waals surface area contributed by atoms with Crippen LogP contribution >= 0.6 is 0 Å². The van der Waals surface area contributed by atoms with Crippen LogP contribution in [0.25, 0.3) is 0 Å². The first kappa shape index (κ1) is 24.9. The fourth-order valence-electron chi connectivity index (χ4n) is 9.04. The molecule has 0 amide bonds. The van der Waals surface area contributed by atoms with E-state index in [1.54, 1.807) is 0 Å². The molecule has 4 heteroatoms. The summed E-state index contributed by atoms with van der Waals surface area (Å²) in [4.78, 5) is 32.1. The highest BCUT2D eigenvalue weighted by Gasteiger charge is 2.46. The topological polar surface area (TPSA) is 40.6 Å². The lowest BCUT2D eigenvalue weighted by Crippen LogP contribution is -2.58. The van der Waals surface area contributed by atoms with Crippen molar-refractivity contribution in [2.45, 2.75) is 116 Å². The molecule has 4 aliphatic heterocycles. The van der Waals surface area contributed by atoms with Gasteiger partial charge < -0.3 is 0 Å². The second kappa shape index (κ2) is 11.1. The fraction of sp³-hybridized carbons (Fsp3) is 0.933. The van der Waals surface area contributed by atoms with Crippen LogP contribution in [0.4, 0.5) is 0 Å². The van der Waals surface area contributed by atoms with Gasteiger partial charge in [0.25, 0.3) is 0 Å². The Labute approximate surface area is 208 Å². The van der Waals surface area contributed by atoms with Gasteiger partial charge in [-0.25, -0.2) is 0 Å². The highest BCUT2D eigenvalue weighted by molar-refractivity contribution is 5.85. The summed E-state index contributed by atoms with van der Waals surface area (Å²) in [6.45, 7) is 8.77. The summed E-state index contributed by atoms with van der Waals surface area (Å²) in [5.74, 6) is 3.59. The molecule has 5 fully saturated rings. The molecule has 4 heterocycles. The number of carbonyl (C=O) groups is 2. The molecule has 1 saturated carbocycles. The number of Topliss-reactive ketones (excluding diaryl/α,β-unsaturated/α-hetero) is 2. The summed E-state index contributed by atoms with van der Waals surface area (Å²) in [5, 5.41) is 0. The Bertz CT molecular complexity index is 663. The summed E-state index contributed by atoms with van der Waals surface area (Å²) >= 11 is 0. The zero-order chi connectivity index (χ0) is 23.7. The Balaban J connectivity index is 1.31. The first-order valence-corrected chi connectivity index (χ1v) is 15.1.